The van der Waals surface area contributed by atoms with Crippen molar-refractivity contribution in [3.05, 3.63) is 94.0 Å². The molecule has 30 heavy (non-hydrogen) atoms. The summed E-state index contributed by atoms with van der Waals surface area (Å²) in [4.78, 5) is 12.0. The average Bonchev–Trinajstić information content (AvgIpc) is 2.78. The lowest BCUT2D eigenvalue weighted by molar-refractivity contribution is -0.123. The normalized spacial score (nSPS) is 11.1. The molecule has 1 N–H and O–H groups in total. The lowest BCUT2D eigenvalue weighted by Gasteiger charge is -2.09. The van der Waals surface area contributed by atoms with E-state index in [1.807, 2.05) is 30.3 Å². The monoisotopic (exact) mass is 442 g/mol. The quantitative estimate of drug-likeness (QED) is 0.370. The van der Waals surface area contributed by atoms with Gasteiger partial charge in [0, 0.05) is 0 Å². The highest BCUT2D eigenvalue weighted by atomic mass is 35.5. The maximum Gasteiger partial charge on any atom is 0.277 e. The molecule has 0 heterocycles. The minimum absolute atomic E-state index is 0.164. The molecule has 0 saturated heterocycles. The second kappa shape index (κ2) is 10.7. The van der Waals surface area contributed by atoms with E-state index in [-0.39, 0.29) is 12.5 Å². The second-order valence-corrected chi connectivity index (χ2v) is 7.21. The molecular weight excluding hydrogens is 423 g/mol. The summed E-state index contributed by atoms with van der Waals surface area (Å²) >= 11 is 11.9. The first kappa shape index (κ1) is 21.7. The first-order valence-corrected chi connectivity index (χ1v) is 9.95. The number of halogens is 2. The standard InChI is InChI=1S/C23H20Cl2N2O3/c1-16(18-7-12-21(24)22(25)13-18)26-27-23(28)15-30-20-10-8-19(9-11-20)29-14-17-5-3-2-4-6-17/h2-13H,14-15H2,1H3,(H,27,28)/b26-16-. The summed E-state index contributed by atoms with van der Waals surface area (Å²) < 4.78 is 11.2. The van der Waals surface area contributed by atoms with E-state index in [4.69, 9.17) is 32.7 Å². The molecule has 3 aromatic rings. The van der Waals surface area contributed by atoms with Crippen LogP contribution in [0.1, 0.15) is 18.1 Å². The third-order valence-corrected chi connectivity index (χ3v) is 4.87. The molecule has 5 nitrogen and oxygen atoms in total. The van der Waals surface area contributed by atoms with Crippen LogP contribution in [0, 0.1) is 0 Å². The summed E-state index contributed by atoms with van der Waals surface area (Å²) in [6.07, 6.45) is 0. The van der Waals surface area contributed by atoms with Crippen LogP contribution in [0.15, 0.2) is 77.9 Å². The van der Waals surface area contributed by atoms with Gasteiger partial charge in [-0.1, -0.05) is 59.6 Å². The Morgan fingerprint density at radius 2 is 1.57 bits per heavy atom. The molecule has 0 aliphatic rings. The van der Waals surface area contributed by atoms with E-state index in [0.717, 1.165) is 16.9 Å². The minimum atomic E-state index is -0.376. The Balaban J connectivity index is 1.45. The number of ether oxygens (including phenoxy) is 2. The number of nitrogens with zero attached hydrogens (tertiary/aromatic N) is 1. The SMILES string of the molecule is C/C(=N/NC(=O)COc1ccc(OCc2ccccc2)cc1)c1ccc(Cl)c(Cl)c1. The second-order valence-electron chi connectivity index (χ2n) is 6.40. The van der Waals surface area contributed by atoms with Crippen molar-refractivity contribution in [1.29, 1.82) is 0 Å². The highest BCUT2D eigenvalue weighted by molar-refractivity contribution is 6.42. The Labute approximate surface area is 185 Å². The number of hydrazone groups is 1. The van der Waals surface area contributed by atoms with Crippen molar-refractivity contribution >= 4 is 34.8 Å². The van der Waals surface area contributed by atoms with Crippen molar-refractivity contribution in [1.82, 2.24) is 5.43 Å². The summed E-state index contributed by atoms with van der Waals surface area (Å²) in [5.74, 6) is 0.902. The van der Waals surface area contributed by atoms with Gasteiger partial charge < -0.3 is 9.47 Å². The van der Waals surface area contributed by atoms with Crippen LogP contribution in [0.2, 0.25) is 10.0 Å². The Morgan fingerprint density at radius 3 is 2.23 bits per heavy atom. The van der Waals surface area contributed by atoms with Gasteiger partial charge in [0.25, 0.3) is 5.91 Å². The topological polar surface area (TPSA) is 59.9 Å². The van der Waals surface area contributed by atoms with Crippen molar-refractivity contribution < 1.29 is 14.3 Å². The molecule has 154 valence electrons. The molecule has 0 fully saturated rings. The number of hydrogen-bond acceptors (Lipinski definition) is 4. The smallest absolute Gasteiger partial charge is 0.277 e. The molecule has 0 aliphatic carbocycles. The molecule has 1 amide bonds. The number of rotatable bonds is 8. The molecule has 0 radical (unpaired) electrons. The number of amides is 1. The molecule has 0 aliphatic heterocycles. The first-order chi connectivity index (χ1) is 14.5. The molecule has 0 bridgehead atoms. The molecule has 0 saturated carbocycles. The lowest BCUT2D eigenvalue weighted by Crippen LogP contribution is -2.25. The summed E-state index contributed by atoms with van der Waals surface area (Å²) in [6.45, 7) is 2.08. The molecule has 3 aromatic carbocycles. The van der Waals surface area contributed by atoms with Gasteiger partial charge in [-0.25, -0.2) is 5.43 Å². The molecule has 0 aromatic heterocycles. The van der Waals surface area contributed by atoms with Crippen LogP contribution in [0.25, 0.3) is 0 Å². The van der Waals surface area contributed by atoms with Crippen LogP contribution in [-0.4, -0.2) is 18.2 Å². The van der Waals surface area contributed by atoms with Crippen LogP contribution in [-0.2, 0) is 11.4 Å². The predicted molar refractivity (Wildman–Crippen MR) is 120 cm³/mol. The van der Waals surface area contributed by atoms with Gasteiger partial charge in [-0.15, -0.1) is 0 Å². The van der Waals surface area contributed by atoms with Gasteiger partial charge in [0.15, 0.2) is 6.61 Å². The molecular formula is C23H20Cl2N2O3. The third kappa shape index (κ3) is 6.51. The van der Waals surface area contributed by atoms with Crippen molar-refractivity contribution in [2.45, 2.75) is 13.5 Å². The summed E-state index contributed by atoms with van der Waals surface area (Å²) in [6, 6.07) is 22.1. The van der Waals surface area contributed by atoms with E-state index >= 15 is 0 Å². The summed E-state index contributed by atoms with van der Waals surface area (Å²) in [7, 11) is 0. The van der Waals surface area contributed by atoms with Gasteiger partial charge in [0.2, 0.25) is 0 Å². The third-order valence-electron chi connectivity index (χ3n) is 4.13. The fraction of sp³-hybridized carbons (Fsp3) is 0.130. The average molecular weight is 443 g/mol. The van der Waals surface area contributed by atoms with Crippen LogP contribution in [0.3, 0.4) is 0 Å². The molecule has 3 rings (SSSR count). The first-order valence-electron chi connectivity index (χ1n) is 9.19. The van der Waals surface area contributed by atoms with Crippen molar-refractivity contribution in [3.63, 3.8) is 0 Å². The van der Waals surface area contributed by atoms with E-state index < -0.39 is 0 Å². The minimum Gasteiger partial charge on any atom is -0.489 e. The Bertz CT molecular complexity index is 1020. The van der Waals surface area contributed by atoms with Crippen molar-refractivity contribution in [2.24, 2.45) is 5.10 Å². The highest BCUT2D eigenvalue weighted by Gasteiger charge is 2.05. The van der Waals surface area contributed by atoms with Gasteiger partial charge in [-0.3, -0.25) is 4.79 Å². The summed E-state index contributed by atoms with van der Waals surface area (Å²) in [5, 5.41) is 4.95. The zero-order valence-corrected chi connectivity index (χ0v) is 17.8. The van der Waals surface area contributed by atoms with Gasteiger partial charge in [-0.05, 0) is 54.4 Å². The molecule has 7 heteroatoms. The van der Waals surface area contributed by atoms with Gasteiger partial charge in [0.1, 0.15) is 18.1 Å². The van der Waals surface area contributed by atoms with Crippen LogP contribution in [0.5, 0.6) is 11.5 Å². The number of nitrogens with one attached hydrogen (secondary N) is 1. The maximum absolute atomic E-state index is 12.0. The van der Waals surface area contributed by atoms with Gasteiger partial charge >= 0.3 is 0 Å². The van der Waals surface area contributed by atoms with E-state index in [1.165, 1.54) is 0 Å². The maximum atomic E-state index is 12.0. The highest BCUT2D eigenvalue weighted by Crippen LogP contribution is 2.23. The van der Waals surface area contributed by atoms with Gasteiger partial charge in [-0.2, -0.15) is 5.10 Å². The van der Waals surface area contributed by atoms with Gasteiger partial charge in [0.05, 0.1) is 15.8 Å². The molecule has 0 unspecified atom stereocenters. The largest absolute Gasteiger partial charge is 0.489 e. The fourth-order valence-electron chi connectivity index (χ4n) is 2.49. The molecule has 0 spiro atoms. The molecule has 0 atom stereocenters. The fourth-order valence-corrected chi connectivity index (χ4v) is 2.78. The Hall–Kier alpha value is -3.02. The van der Waals surface area contributed by atoms with E-state index in [9.17, 15) is 4.79 Å². The van der Waals surface area contributed by atoms with E-state index in [0.29, 0.717) is 28.1 Å². The van der Waals surface area contributed by atoms with Crippen LogP contribution >= 0.6 is 23.2 Å². The number of benzene rings is 3. The number of hydrogen-bond donors (Lipinski definition) is 1. The van der Waals surface area contributed by atoms with E-state index in [1.54, 1.807) is 49.4 Å². The Kier molecular flexibility index (Phi) is 7.71. The zero-order valence-electron chi connectivity index (χ0n) is 16.3. The lowest BCUT2D eigenvalue weighted by atomic mass is 10.1. The van der Waals surface area contributed by atoms with Crippen LogP contribution in [0.4, 0.5) is 0 Å². The summed E-state index contributed by atoms with van der Waals surface area (Å²) in [5.41, 5.74) is 4.91. The Morgan fingerprint density at radius 1 is 0.900 bits per heavy atom. The zero-order chi connectivity index (χ0) is 21.3. The van der Waals surface area contributed by atoms with Crippen LogP contribution < -0.4 is 14.9 Å². The number of carbonyl (C=O) groups excluding carboxylic acids is 1. The van der Waals surface area contributed by atoms with E-state index in [2.05, 4.69) is 10.5 Å². The van der Waals surface area contributed by atoms with Crippen molar-refractivity contribution in [3.8, 4) is 11.5 Å². The predicted octanol–water partition coefficient (Wildman–Crippen LogP) is 5.49. The van der Waals surface area contributed by atoms with Crippen molar-refractivity contribution in [2.75, 3.05) is 6.61 Å². The number of carbonyl (C=O) groups is 1.